The van der Waals surface area contributed by atoms with Crippen LogP contribution in [0.15, 0.2) is 0 Å². The van der Waals surface area contributed by atoms with E-state index in [1.807, 2.05) is 0 Å². The molecule has 0 heterocycles. The number of nitrogens with one attached hydrogen (secondary N) is 1. The smallest absolute Gasteiger partial charge is 0.407 e. The van der Waals surface area contributed by atoms with Crippen LogP contribution in [0.1, 0.15) is 111 Å². The predicted molar refractivity (Wildman–Crippen MR) is 105 cm³/mol. The Hall–Kier alpha value is -0.730. The Balaban J connectivity index is 3.33. The molecule has 3 nitrogen and oxygen atoms in total. The van der Waals surface area contributed by atoms with Crippen LogP contribution in [0.5, 0.6) is 0 Å². The third-order valence-corrected chi connectivity index (χ3v) is 4.79. The van der Waals surface area contributed by atoms with E-state index in [9.17, 15) is 4.79 Å². The molecule has 1 N–H and O–H groups in total. The maximum Gasteiger partial charge on any atom is 0.407 e. The molecule has 0 aliphatic carbocycles. The molecule has 0 aliphatic rings. The van der Waals surface area contributed by atoms with Crippen LogP contribution in [0.4, 0.5) is 4.79 Å². The number of ether oxygens (including phenoxy) is 1. The third kappa shape index (κ3) is 16.1. The normalized spacial score (nSPS) is 12.1. The lowest BCUT2D eigenvalue weighted by molar-refractivity contribution is 0.122. The van der Waals surface area contributed by atoms with Gasteiger partial charge in [-0.05, 0) is 18.8 Å². The molecule has 1 amide bonds. The quantitative estimate of drug-likeness (QED) is 0.294. The number of hydrogen-bond donors (Lipinski definition) is 1. The van der Waals surface area contributed by atoms with Gasteiger partial charge in [0.05, 0.1) is 6.61 Å². The molecule has 0 rings (SSSR count). The number of unbranched alkanes of at least 4 members (excludes halogenated alkanes) is 10. The van der Waals surface area contributed by atoms with E-state index in [0.717, 1.165) is 19.4 Å². The van der Waals surface area contributed by atoms with Crippen LogP contribution in [0, 0.1) is 5.92 Å². The van der Waals surface area contributed by atoms with E-state index in [1.54, 1.807) is 0 Å². The molecule has 0 aromatic heterocycles. The summed E-state index contributed by atoms with van der Waals surface area (Å²) >= 11 is 0. The Bertz CT molecular complexity index is 269. The van der Waals surface area contributed by atoms with E-state index in [1.165, 1.54) is 77.0 Å². The van der Waals surface area contributed by atoms with Gasteiger partial charge in [0.2, 0.25) is 0 Å². The molecule has 144 valence electrons. The summed E-state index contributed by atoms with van der Waals surface area (Å²) in [6.45, 7) is 7.96. The first-order valence-electron chi connectivity index (χ1n) is 10.6. The molecule has 3 heteroatoms. The minimum Gasteiger partial charge on any atom is -0.449 e. The summed E-state index contributed by atoms with van der Waals surface area (Å²) in [5.41, 5.74) is 0. The fourth-order valence-corrected chi connectivity index (χ4v) is 2.95. The number of carbonyl (C=O) groups is 1. The Kier molecular flexibility index (Phi) is 18.0. The Labute approximate surface area is 151 Å². The Morgan fingerprint density at radius 2 is 1.33 bits per heavy atom. The summed E-state index contributed by atoms with van der Waals surface area (Å²) in [5, 5.41) is 2.88. The molecular weight excluding hydrogens is 298 g/mol. The molecule has 0 aliphatic heterocycles. The SMILES string of the molecule is CCCCCCCCCCCCNC(=O)OCC(CC)CCCC. The molecular formula is C21H43NO2. The lowest BCUT2D eigenvalue weighted by atomic mass is 10.0. The van der Waals surface area contributed by atoms with Crippen LogP contribution in [0.25, 0.3) is 0 Å². The number of rotatable bonds is 17. The van der Waals surface area contributed by atoms with Crippen molar-refractivity contribution >= 4 is 6.09 Å². The van der Waals surface area contributed by atoms with E-state index >= 15 is 0 Å². The van der Waals surface area contributed by atoms with Gasteiger partial charge in [-0.25, -0.2) is 4.79 Å². The number of amides is 1. The van der Waals surface area contributed by atoms with Crippen LogP contribution >= 0.6 is 0 Å². The van der Waals surface area contributed by atoms with Crippen molar-refractivity contribution in [3.8, 4) is 0 Å². The fraction of sp³-hybridized carbons (Fsp3) is 0.952. The van der Waals surface area contributed by atoms with Gasteiger partial charge in [-0.3, -0.25) is 0 Å². The first-order valence-corrected chi connectivity index (χ1v) is 10.6. The van der Waals surface area contributed by atoms with Gasteiger partial charge in [0, 0.05) is 6.54 Å². The third-order valence-electron chi connectivity index (χ3n) is 4.79. The summed E-state index contributed by atoms with van der Waals surface area (Å²) in [6.07, 6.45) is 17.6. The summed E-state index contributed by atoms with van der Waals surface area (Å²) in [6, 6.07) is 0. The molecule has 0 saturated heterocycles. The number of alkyl carbamates (subject to hydrolysis) is 1. The second-order valence-corrected chi connectivity index (χ2v) is 7.12. The molecule has 0 aromatic rings. The van der Waals surface area contributed by atoms with Gasteiger partial charge in [0.15, 0.2) is 0 Å². The highest BCUT2D eigenvalue weighted by Gasteiger charge is 2.09. The Morgan fingerprint density at radius 1 is 0.792 bits per heavy atom. The largest absolute Gasteiger partial charge is 0.449 e. The average Bonchev–Trinajstić information content (AvgIpc) is 2.59. The standard InChI is InChI=1S/C21H43NO2/c1-4-7-9-10-11-12-13-14-15-16-18-22-21(23)24-19-20(6-3)17-8-5-2/h20H,4-19H2,1-3H3,(H,22,23). The van der Waals surface area contributed by atoms with Crippen LogP contribution < -0.4 is 5.32 Å². The average molecular weight is 342 g/mol. The zero-order chi connectivity index (χ0) is 17.9. The molecule has 0 spiro atoms. The topological polar surface area (TPSA) is 38.3 Å². The maximum absolute atomic E-state index is 11.7. The summed E-state index contributed by atoms with van der Waals surface area (Å²) in [7, 11) is 0. The van der Waals surface area contributed by atoms with Crippen LogP contribution in [-0.2, 0) is 4.74 Å². The van der Waals surface area contributed by atoms with Gasteiger partial charge in [0.25, 0.3) is 0 Å². The van der Waals surface area contributed by atoms with E-state index < -0.39 is 0 Å². The van der Waals surface area contributed by atoms with Gasteiger partial charge in [-0.1, -0.05) is 97.8 Å². The molecule has 1 unspecified atom stereocenters. The molecule has 1 atom stereocenters. The van der Waals surface area contributed by atoms with Crippen molar-refractivity contribution in [2.24, 2.45) is 5.92 Å². The van der Waals surface area contributed by atoms with E-state index in [-0.39, 0.29) is 6.09 Å². The monoisotopic (exact) mass is 341 g/mol. The van der Waals surface area contributed by atoms with Crippen molar-refractivity contribution in [3.05, 3.63) is 0 Å². The van der Waals surface area contributed by atoms with Crippen molar-refractivity contribution in [1.29, 1.82) is 0 Å². The van der Waals surface area contributed by atoms with Crippen molar-refractivity contribution < 1.29 is 9.53 Å². The minimum atomic E-state index is -0.235. The molecule has 0 fully saturated rings. The van der Waals surface area contributed by atoms with E-state index in [0.29, 0.717) is 12.5 Å². The lowest BCUT2D eigenvalue weighted by Gasteiger charge is -2.14. The molecule has 0 radical (unpaired) electrons. The first-order chi connectivity index (χ1) is 11.7. The maximum atomic E-state index is 11.7. The van der Waals surface area contributed by atoms with E-state index in [4.69, 9.17) is 4.74 Å². The number of carbonyl (C=O) groups excluding carboxylic acids is 1. The zero-order valence-electron chi connectivity index (χ0n) is 16.7. The molecule has 0 aromatic carbocycles. The highest BCUT2D eigenvalue weighted by Crippen LogP contribution is 2.13. The molecule has 0 saturated carbocycles. The minimum absolute atomic E-state index is 0.235. The van der Waals surface area contributed by atoms with Crippen molar-refractivity contribution in [2.75, 3.05) is 13.2 Å². The van der Waals surface area contributed by atoms with Crippen LogP contribution in [-0.4, -0.2) is 19.2 Å². The zero-order valence-corrected chi connectivity index (χ0v) is 16.7. The fourth-order valence-electron chi connectivity index (χ4n) is 2.95. The van der Waals surface area contributed by atoms with Crippen LogP contribution in [0.3, 0.4) is 0 Å². The van der Waals surface area contributed by atoms with Gasteiger partial charge >= 0.3 is 6.09 Å². The summed E-state index contributed by atoms with van der Waals surface area (Å²) < 4.78 is 5.33. The van der Waals surface area contributed by atoms with Gasteiger partial charge in [-0.2, -0.15) is 0 Å². The molecule has 0 bridgehead atoms. The second-order valence-electron chi connectivity index (χ2n) is 7.12. The highest BCUT2D eigenvalue weighted by atomic mass is 16.5. The van der Waals surface area contributed by atoms with Gasteiger partial charge in [0.1, 0.15) is 0 Å². The van der Waals surface area contributed by atoms with Gasteiger partial charge in [-0.15, -0.1) is 0 Å². The molecule has 24 heavy (non-hydrogen) atoms. The summed E-state index contributed by atoms with van der Waals surface area (Å²) in [4.78, 5) is 11.7. The van der Waals surface area contributed by atoms with Crippen molar-refractivity contribution in [2.45, 2.75) is 111 Å². The Morgan fingerprint density at radius 3 is 1.88 bits per heavy atom. The predicted octanol–water partition coefficient (Wildman–Crippen LogP) is 6.85. The number of hydrogen-bond acceptors (Lipinski definition) is 2. The highest BCUT2D eigenvalue weighted by molar-refractivity contribution is 5.66. The van der Waals surface area contributed by atoms with E-state index in [2.05, 4.69) is 26.1 Å². The lowest BCUT2D eigenvalue weighted by Crippen LogP contribution is -2.27. The van der Waals surface area contributed by atoms with Crippen LogP contribution in [0.2, 0.25) is 0 Å². The second kappa shape index (κ2) is 18.6. The van der Waals surface area contributed by atoms with Crippen molar-refractivity contribution in [1.82, 2.24) is 5.32 Å². The first kappa shape index (κ1) is 23.3. The van der Waals surface area contributed by atoms with Crippen molar-refractivity contribution in [3.63, 3.8) is 0 Å². The van der Waals surface area contributed by atoms with Gasteiger partial charge < -0.3 is 10.1 Å². The summed E-state index contributed by atoms with van der Waals surface area (Å²) in [5.74, 6) is 0.521.